The number of halogens is 2. The van der Waals surface area contributed by atoms with Crippen molar-refractivity contribution in [3.63, 3.8) is 0 Å². The second-order valence-corrected chi connectivity index (χ2v) is 3.70. The lowest BCUT2D eigenvalue weighted by Crippen LogP contribution is -1.80. The molecule has 0 unspecified atom stereocenters. The smallest absolute Gasteiger partial charge is 0.170 e. The third-order valence-corrected chi connectivity index (χ3v) is 2.74. The minimum Gasteiger partial charge on any atom is -0.461 e. The Morgan fingerprint density at radius 1 is 1.46 bits per heavy atom. The van der Waals surface area contributed by atoms with Gasteiger partial charge in [0.2, 0.25) is 0 Å². The average molecular weight is 243 g/mol. The second kappa shape index (κ2) is 3.14. The van der Waals surface area contributed by atoms with E-state index in [2.05, 4.69) is 15.9 Å². The fourth-order valence-corrected chi connectivity index (χ4v) is 1.96. The molecule has 0 aliphatic rings. The van der Waals surface area contributed by atoms with Gasteiger partial charge in [-0.15, -0.1) is 0 Å². The predicted octanol–water partition coefficient (Wildman–Crippen LogP) is 3.90. The van der Waals surface area contributed by atoms with E-state index < -0.39 is 0 Å². The Bertz CT molecular complexity index is 447. The molecule has 0 saturated carbocycles. The summed E-state index contributed by atoms with van der Waals surface area (Å²) in [6.07, 6.45) is 2.45. The molecule has 1 heterocycles. The van der Waals surface area contributed by atoms with E-state index in [0.29, 0.717) is 5.58 Å². The molecular weight excluding hydrogens is 235 g/mol. The average Bonchev–Trinajstić information content (AvgIpc) is 2.56. The zero-order valence-electron chi connectivity index (χ0n) is 7.10. The Balaban J connectivity index is 2.87. The topological polar surface area (TPSA) is 13.1 Å². The van der Waals surface area contributed by atoms with Gasteiger partial charge in [0.1, 0.15) is 0 Å². The van der Waals surface area contributed by atoms with Crippen molar-refractivity contribution < 1.29 is 8.81 Å². The highest BCUT2D eigenvalue weighted by Crippen LogP contribution is 2.30. The van der Waals surface area contributed by atoms with Crippen LogP contribution in [0, 0.1) is 5.82 Å². The van der Waals surface area contributed by atoms with Gasteiger partial charge in [-0.1, -0.05) is 22.9 Å². The summed E-state index contributed by atoms with van der Waals surface area (Å²) in [5, 5.41) is 0.850. The molecule has 2 aromatic rings. The van der Waals surface area contributed by atoms with E-state index in [4.69, 9.17) is 4.42 Å². The molecule has 68 valence electrons. The lowest BCUT2D eigenvalue weighted by atomic mass is 10.1. The summed E-state index contributed by atoms with van der Waals surface area (Å²) in [5.41, 5.74) is 1.37. The molecule has 2 rings (SSSR count). The number of benzene rings is 1. The molecule has 1 aromatic carbocycles. The molecule has 0 N–H and O–H groups in total. The molecule has 0 aliphatic heterocycles. The molecule has 0 aliphatic carbocycles. The zero-order valence-corrected chi connectivity index (χ0v) is 8.69. The van der Waals surface area contributed by atoms with Gasteiger partial charge >= 0.3 is 0 Å². The van der Waals surface area contributed by atoms with Crippen LogP contribution in [0.2, 0.25) is 0 Å². The van der Waals surface area contributed by atoms with E-state index in [0.717, 1.165) is 21.8 Å². The van der Waals surface area contributed by atoms with Gasteiger partial charge in [0, 0.05) is 9.86 Å². The van der Waals surface area contributed by atoms with Crippen LogP contribution in [0.3, 0.4) is 0 Å². The summed E-state index contributed by atoms with van der Waals surface area (Å²) >= 11 is 3.38. The van der Waals surface area contributed by atoms with Crippen LogP contribution in [0.4, 0.5) is 4.39 Å². The van der Waals surface area contributed by atoms with Gasteiger partial charge in [0.05, 0.1) is 6.26 Å². The zero-order chi connectivity index (χ0) is 9.42. The number of fused-ring (bicyclic) bond motifs is 1. The molecule has 0 spiro atoms. The van der Waals surface area contributed by atoms with Gasteiger partial charge < -0.3 is 4.42 Å². The highest BCUT2D eigenvalue weighted by atomic mass is 79.9. The van der Waals surface area contributed by atoms with Crippen molar-refractivity contribution in [3.8, 4) is 0 Å². The van der Waals surface area contributed by atoms with Crippen LogP contribution in [-0.2, 0) is 6.42 Å². The highest BCUT2D eigenvalue weighted by molar-refractivity contribution is 9.10. The van der Waals surface area contributed by atoms with E-state index in [-0.39, 0.29) is 5.82 Å². The van der Waals surface area contributed by atoms with Crippen LogP contribution in [0.5, 0.6) is 0 Å². The van der Waals surface area contributed by atoms with Crippen LogP contribution in [-0.4, -0.2) is 0 Å². The molecule has 1 aromatic heterocycles. The van der Waals surface area contributed by atoms with Gasteiger partial charge in [0.15, 0.2) is 11.4 Å². The van der Waals surface area contributed by atoms with Gasteiger partial charge in [-0.3, -0.25) is 0 Å². The first-order valence-corrected chi connectivity index (χ1v) is 4.87. The molecule has 0 fully saturated rings. The molecular formula is C10H8BrFO. The normalized spacial score (nSPS) is 11.0. The van der Waals surface area contributed by atoms with Crippen LogP contribution < -0.4 is 0 Å². The molecule has 0 radical (unpaired) electrons. The summed E-state index contributed by atoms with van der Waals surface area (Å²) in [6.45, 7) is 2.02. The Morgan fingerprint density at radius 2 is 2.23 bits per heavy atom. The number of rotatable bonds is 1. The number of aryl methyl sites for hydroxylation is 1. The first-order valence-electron chi connectivity index (χ1n) is 4.08. The number of furan rings is 1. The Morgan fingerprint density at radius 3 is 2.92 bits per heavy atom. The van der Waals surface area contributed by atoms with E-state index in [1.165, 1.54) is 6.07 Å². The van der Waals surface area contributed by atoms with E-state index in [9.17, 15) is 4.39 Å². The largest absolute Gasteiger partial charge is 0.461 e. The van der Waals surface area contributed by atoms with E-state index in [1.54, 1.807) is 12.3 Å². The van der Waals surface area contributed by atoms with E-state index >= 15 is 0 Å². The number of hydrogen-bond acceptors (Lipinski definition) is 1. The third-order valence-electron chi connectivity index (χ3n) is 2.08. The first kappa shape index (κ1) is 8.75. The summed E-state index contributed by atoms with van der Waals surface area (Å²) in [7, 11) is 0. The Labute approximate surface area is 83.7 Å². The van der Waals surface area contributed by atoms with Crippen molar-refractivity contribution in [1.29, 1.82) is 0 Å². The fraction of sp³-hybridized carbons (Fsp3) is 0.200. The molecule has 0 amide bonds. The van der Waals surface area contributed by atoms with Crippen LogP contribution >= 0.6 is 15.9 Å². The van der Waals surface area contributed by atoms with Crippen molar-refractivity contribution >= 4 is 26.9 Å². The van der Waals surface area contributed by atoms with E-state index in [1.807, 2.05) is 6.92 Å². The summed E-state index contributed by atoms with van der Waals surface area (Å²) in [4.78, 5) is 0. The maximum absolute atomic E-state index is 13.2. The van der Waals surface area contributed by atoms with Gasteiger partial charge in [0.25, 0.3) is 0 Å². The standard InChI is InChI=1S/C10H8BrFO/c1-2-6-5-13-10-8(12)4-3-7(11)9(6)10/h3-5H,2H2,1H3. The predicted molar refractivity (Wildman–Crippen MR) is 53.3 cm³/mol. The van der Waals surface area contributed by atoms with Crippen molar-refractivity contribution in [3.05, 3.63) is 34.2 Å². The summed E-state index contributed by atoms with van der Waals surface area (Å²) in [6, 6.07) is 3.10. The molecule has 0 atom stereocenters. The molecule has 3 heteroatoms. The molecule has 0 saturated heterocycles. The van der Waals surface area contributed by atoms with Gasteiger partial charge in [-0.2, -0.15) is 0 Å². The highest BCUT2D eigenvalue weighted by Gasteiger charge is 2.11. The monoisotopic (exact) mass is 242 g/mol. The molecule has 13 heavy (non-hydrogen) atoms. The maximum atomic E-state index is 13.2. The molecule has 0 bridgehead atoms. The number of hydrogen-bond donors (Lipinski definition) is 0. The van der Waals surface area contributed by atoms with Crippen LogP contribution in [0.1, 0.15) is 12.5 Å². The van der Waals surface area contributed by atoms with Crippen molar-refractivity contribution in [1.82, 2.24) is 0 Å². The quantitative estimate of drug-likeness (QED) is 0.740. The summed E-state index contributed by atoms with van der Waals surface area (Å²) in [5.74, 6) is -0.307. The van der Waals surface area contributed by atoms with Gasteiger partial charge in [-0.05, 0) is 24.1 Å². The summed E-state index contributed by atoms with van der Waals surface area (Å²) < 4.78 is 19.2. The van der Waals surface area contributed by atoms with Gasteiger partial charge in [-0.25, -0.2) is 4.39 Å². The van der Waals surface area contributed by atoms with Crippen molar-refractivity contribution in [2.75, 3.05) is 0 Å². The lowest BCUT2D eigenvalue weighted by Gasteiger charge is -1.96. The van der Waals surface area contributed by atoms with Crippen molar-refractivity contribution in [2.45, 2.75) is 13.3 Å². The third kappa shape index (κ3) is 1.27. The van der Waals surface area contributed by atoms with Crippen molar-refractivity contribution in [2.24, 2.45) is 0 Å². The minimum atomic E-state index is -0.307. The minimum absolute atomic E-state index is 0.307. The molecule has 1 nitrogen and oxygen atoms in total. The van der Waals surface area contributed by atoms with Crippen LogP contribution in [0.15, 0.2) is 27.3 Å². The van der Waals surface area contributed by atoms with Crippen LogP contribution in [0.25, 0.3) is 11.0 Å². The SMILES string of the molecule is CCc1coc2c(F)ccc(Br)c12. The second-order valence-electron chi connectivity index (χ2n) is 2.85. The Hall–Kier alpha value is -0.830. The lowest BCUT2D eigenvalue weighted by molar-refractivity contribution is 0.558. The first-order chi connectivity index (χ1) is 6.24. The fourth-order valence-electron chi connectivity index (χ4n) is 1.40. The Kier molecular flexibility index (Phi) is 2.12. The maximum Gasteiger partial charge on any atom is 0.170 e.